The molecule has 3 heterocycles. The Bertz CT molecular complexity index is 1020. The summed E-state index contributed by atoms with van der Waals surface area (Å²) in [5.74, 6) is -2.10. The first-order valence-corrected chi connectivity index (χ1v) is 11.4. The summed E-state index contributed by atoms with van der Waals surface area (Å²) < 4.78 is 28.7. The van der Waals surface area contributed by atoms with Gasteiger partial charge in [-0.2, -0.15) is 5.10 Å². The summed E-state index contributed by atoms with van der Waals surface area (Å²) in [5.41, 5.74) is 8.80. The van der Waals surface area contributed by atoms with Crippen molar-refractivity contribution in [1.82, 2.24) is 24.8 Å². The van der Waals surface area contributed by atoms with E-state index in [2.05, 4.69) is 10.4 Å². The van der Waals surface area contributed by atoms with Crippen LogP contribution in [0.5, 0.6) is 0 Å². The molecule has 1 aliphatic heterocycles. The van der Waals surface area contributed by atoms with Gasteiger partial charge in [0.25, 0.3) is 0 Å². The van der Waals surface area contributed by atoms with Gasteiger partial charge in [0.15, 0.2) is 5.65 Å². The number of rotatable bonds is 5. The Morgan fingerprint density at radius 3 is 2.52 bits per heavy atom. The van der Waals surface area contributed by atoms with Crippen LogP contribution in [0.2, 0.25) is 0 Å². The predicted octanol–water partition coefficient (Wildman–Crippen LogP) is 3.56. The number of fused-ring (bicyclic) bond motifs is 1. The van der Waals surface area contributed by atoms with E-state index in [1.165, 1.54) is 0 Å². The maximum atomic E-state index is 13.5. The van der Waals surface area contributed by atoms with Crippen molar-refractivity contribution in [3.63, 3.8) is 0 Å². The van der Waals surface area contributed by atoms with Crippen LogP contribution in [0.15, 0.2) is 18.5 Å². The smallest absolute Gasteiger partial charge is 0.318 e. The largest absolute Gasteiger partial charge is 0.331 e. The molecule has 2 atom stereocenters. The van der Waals surface area contributed by atoms with Crippen molar-refractivity contribution in [3.8, 4) is 0 Å². The van der Waals surface area contributed by atoms with E-state index < -0.39 is 5.92 Å². The van der Waals surface area contributed by atoms with E-state index in [1.54, 1.807) is 4.52 Å². The minimum Gasteiger partial charge on any atom is -0.331 e. The Hall–Kier alpha value is -2.29. The first-order chi connectivity index (χ1) is 14.8. The van der Waals surface area contributed by atoms with Crippen molar-refractivity contribution in [2.75, 3.05) is 6.54 Å². The number of aromatic nitrogens is 3. The molecule has 4 aliphatic rings. The molecule has 7 nitrogen and oxygen atoms in total. The molecule has 31 heavy (non-hydrogen) atoms. The molecule has 3 saturated carbocycles. The van der Waals surface area contributed by atoms with Crippen LogP contribution >= 0.6 is 0 Å². The maximum absolute atomic E-state index is 13.5. The number of halogens is 2. The zero-order valence-corrected chi connectivity index (χ0v) is 17.4. The first-order valence-electron chi connectivity index (χ1n) is 11.4. The number of amides is 2. The Morgan fingerprint density at radius 2 is 1.87 bits per heavy atom. The quantitative estimate of drug-likeness (QED) is 0.759. The average molecular weight is 431 g/mol. The highest BCUT2D eigenvalue weighted by molar-refractivity contribution is 5.79. The van der Waals surface area contributed by atoms with Crippen molar-refractivity contribution in [2.45, 2.75) is 74.9 Å². The normalized spacial score (nSPS) is 26.9. The fourth-order valence-corrected chi connectivity index (χ4v) is 5.41. The number of urea groups is 1. The Balaban J connectivity index is 1.25. The monoisotopic (exact) mass is 430 g/mol. The molecule has 0 bridgehead atoms. The summed E-state index contributed by atoms with van der Waals surface area (Å²) in [4.78, 5) is 19.3. The van der Waals surface area contributed by atoms with Gasteiger partial charge < -0.3 is 16.0 Å². The van der Waals surface area contributed by atoms with Gasteiger partial charge in [0.2, 0.25) is 5.92 Å². The highest BCUT2D eigenvalue weighted by atomic mass is 19.3. The zero-order chi connectivity index (χ0) is 21.4. The summed E-state index contributed by atoms with van der Waals surface area (Å²) >= 11 is 0. The highest BCUT2D eigenvalue weighted by Crippen LogP contribution is 2.49. The molecule has 0 radical (unpaired) electrons. The molecule has 2 aromatic rings. The van der Waals surface area contributed by atoms with Crippen molar-refractivity contribution in [3.05, 3.63) is 29.7 Å². The Morgan fingerprint density at radius 1 is 1.13 bits per heavy atom. The summed E-state index contributed by atoms with van der Waals surface area (Å²) in [6.07, 6.45) is 8.59. The fourth-order valence-electron chi connectivity index (χ4n) is 5.41. The van der Waals surface area contributed by atoms with E-state index in [9.17, 15) is 13.6 Å². The number of hydrogen-bond acceptors (Lipinski definition) is 4. The third-order valence-electron chi connectivity index (χ3n) is 7.68. The molecule has 1 spiro atoms. The summed E-state index contributed by atoms with van der Waals surface area (Å²) in [6.45, 7) is 0.759. The molecule has 9 heteroatoms. The molecule has 2 aromatic heterocycles. The molecular formula is C22H28F2N6O. The predicted molar refractivity (Wildman–Crippen MR) is 109 cm³/mol. The molecule has 3 aliphatic carbocycles. The second kappa shape index (κ2) is 6.60. The van der Waals surface area contributed by atoms with Gasteiger partial charge in [-0.3, -0.25) is 0 Å². The van der Waals surface area contributed by atoms with Gasteiger partial charge in [-0.25, -0.2) is 23.1 Å². The number of nitrogens with two attached hydrogens (primary N) is 1. The molecular weight excluding hydrogens is 402 g/mol. The molecule has 166 valence electrons. The van der Waals surface area contributed by atoms with Gasteiger partial charge in [0.1, 0.15) is 0 Å². The van der Waals surface area contributed by atoms with Gasteiger partial charge in [-0.05, 0) is 62.0 Å². The van der Waals surface area contributed by atoms with E-state index >= 15 is 0 Å². The minimum absolute atomic E-state index is 0.00578. The molecule has 0 aromatic carbocycles. The van der Waals surface area contributed by atoms with Crippen molar-refractivity contribution >= 4 is 11.7 Å². The summed E-state index contributed by atoms with van der Waals surface area (Å²) in [6, 6.07) is 1.67. The number of carbonyl (C=O) groups is 1. The van der Waals surface area contributed by atoms with Crippen molar-refractivity contribution < 1.29 is 13.6 Å². The van der Waals surface area contributed by atoms with Crippen LogP contribution in [-0.2, 0) is 0 Å². The lowest BCUT2D eigenvalue weighted by Gasteiger charge is -2.31. The molecule has 0 unspecified atom stereocenters. The fraction of sp³-hybridized carbons (Fsp3) is 0.682. The van der Waals surface area contributed by atoms with Crippen LogP contribution in [0, 0.1) is 11.8 Å². The maximum Gasteiger partial charge on any atom is 0.318 e. The molecule has 3 N–H and O–H groups in total. The zero-order valence-electron chi connectivity index (χ0n) is 17.4. The van der Waals surface area contributed by atoms with Crippen LogP contribution in [0.3, 0.4) is 0 Å². The van der Waals surface area contributed by atoms with Crippen LogP contribution < -0.4 is 11.1 Å². The molecule has 4 fully saturated rings. The number of nitrogens with zero attached hydrogens (tertiary/aromatic N) is 4. The summed E-state index contributed by atoms with van der Waals surface area (Å²) in [7, 11) is 0. The molecule has 2 amide bonds. The van der Waals surface area contributed by atoms with E-state index in [-0.39, 0.29) is 42.4 Å². The number of carbonyl (C=O) groups excluding carboxylic acids is 1. The molecule has 6 rings (SSSR count). The number of imidazole rings is 1. The van der Waals surface area contributed by atoms with Gasteiger partial charge >= 0.3 is 6.03 Å². The van der Waals surface area contributed by atoms with Gasteiger partial charge in [0, 0.05) is 19.4 Å². The Labute approximate surface area is 179 Å². The summed E-state index contributed by atoms with van der Waals surface area (Å²) in [5, 5.41) is 7.71. The van der Waals surface area contributed by atoms with Crippen LogP contribution in [0.4, 0.5) is 13.6 Å². The van der Waals surface area contributed by atoms with Gasteiger partial charge in [-0.15, -0.1) is 0 Å². The number of hydrogen-bond donors (Lipinski definition) is 2. The standard InChI is InChI=1S/C22H28F2N6O/c23-22(24)5-3-13(4-6-22)18(25)16-11-30-17(27-16)9-15(10-26-30)19(14-1-2-14)29-12-21(7-8-21)28-20(29)31/h9-11,13-14,18-19H,1-8,12,25H2,(H,28,31)/t18-,19+/m0/s1. The van der Waals surface area contributed by atoms with E-state index in [0.29, 0.717) is 30.1 Å². The van der Waals surface area contributed by atoms with Crippen LogP contribution in [0.25, 0.3) is 5.65 Å². The third-order valence-corrected chi connectivity index (χ3v) is 7.68. The SMILES string of the molecule is N[C@H](c1cn2ncc([C@@H](C3CC3)N3CC4(CC4)NC3=O)cc2n1)C1CCC(F)(F)CC1. The second-order valence-corrected chi connectivity index (χ2v) is 10.1. The van der Waals surface area contributed by atoms with Crippen LogP contribution in [0.1, 0.15) is 74.7 Å². The van der Waals surface area contributed by atoms with Crippen molar-refractivity contribution in [2.24, 2.45) is 17.6 Å². The topological polar surface area (TPSA) is 88.5 Å². The average Bonchev–Trinajstić information content (AvgIpc) is 3.63. The van der Waals surface area contributed by atoms with Gasteiger partial charge in [0.05, 0.1) is 35.7 Å². The van der Waals surface area contributed by atoms with E-state index in [4.69, 9.17) is 10.7 Å². The third kappa shape index (κ3) is 3.46. The highest BCUT2D eigenvalue weighted by Gasteiger charge is 2.54. The first kappa shape index (κ1) is 19.4. The lowest BCUT2D eigenvalue weighted by Crippen LogP contribution is -2.33. The number of alkyl halides is 2. The molecule has 1 saturated heterocycles. The van der Waals surface area contributed by atoms with Crippen LogP contribution in [-0.4, -0.2) is 43.5 Å². The van der Waals surface area contributed by atoms with Gasteiger partial charge in [-0.1, -0.05) is 0 Å². The van der Waals surface area contributed by atoms with E-state index in [1.807, 2.05) is 23.4 Å². The second-order valence-electron chi connectivity index (χ2n) is 10.1. The Kier molecular flexibility index (Phi) is 4.13. The van der Waals surface area contributed by atoms with Crippen molar-refractivity contribution in [1.29, 1.82) is 0 Å². The van der Waals surface area contributed by atoms with E-state index in [0.717, 1.165) is 37.8 Å². The number of nitrogens with one attached hydrogen (secondary N) is 1. The minimum atomic E-state index is -2.57. The lowest BCUT2D eigenvalue weighted by atomic mass is 9.81. The lowest BCUT2D eigenvalue weighted by molar-refractivity contribution is -0.0484.